The van der Waals surface area contributed by atoms with Gasteiger partial charge in [-0.1, -0.05) is 30.3 Å². The van der Waals surface area contributed by atoms with E-state index in [4.69, 9.17) is 9.47 Å². The Balaban J connectivity index is 1.40. The number of benzene rings is 2. The summed E-state index contributed by atoms with van der Waals surface area (Å²) in [5.41, 5.74) is 1.49. The monoisotopic (exact) mass is 389 g/mol. The van der Waals surface area contributed by atoms with Crippen molar-refractivity contribution in [1.82, 2.24) is 15.2 Å². The van der Waals surface area contributed by atoms with Crippen LogP contribution in [-0.2, 0) is 17.8 Å². The zero-order valence-electron chi connectivity index (χ0n) is 15.8. The lowest BCUT2D eigenvalue weighted by Gasteiger charge is -2.22. The Hall–Kier alpha value is -3.61. The molecular weight excluding hydrogens is 370 g/mol. The lowest BCUT2D eigenvalue weighted by Crippen LogP contribution is -2.45. The van der Waals surface area contributed by atoms with Crippen LogP contribution in [0.15, 0.2) is 54.7 Å². The number of carbonyl (C=O) groups is 2. The average Bonchev–Trinajstić information content (AvgIpc) is 3.26. The highest BCUT2D eigenvalue weighted by Gasteiger charge is 2.47. The summed E-state index contributed by atoms with van der Waals surface area (Å²) in [4.78, 5) is 31.5. The summed E-state index contributed by atoms with van der Waals surface area (Å²) in [6.07, 6.45) is 2.07. The fraction of sp³-hybridized carbons (Fsp3) is 0.227. The Labute approximate surface area is 167 Å². The first-order valence-electron chi connectivity index (χ1n) is 9.39. The van der Waals surface area contributed by atoms with Gasteiger partial charge in [-0.3, -0.25) is 14.7 Å². The van der Waals surface area contributed by atoms with Crippen molar-refractivity contribution >= 4 is 22.8 Å². The number of fused-ring (bicyclic) bond motifs is 2. The van der Waals surface area contributed by atoms with Gasteiger partial charge in [-0.2, -0.15) is 0 Å². The van der Waals surface area contributed by atoms with Crippen LogP contribution in [0.4, 0.5) is 4.79 Å². The summed E-state index contributed by atoms with van der Waals surface area (Å²) in [6, 6.07) is 14.7. The van der Waals surface area contributed by atoms with Crippen LogP contribution in [0.1, 0.15) is 18.1 Å². The SMILES string of the molecule is CC1(Cc2ccc3c(c2)OCO3)NC(=O)N(Cc2cccc3cccnc23)C1=O. The predicted octanol–water partition coefficient (Wildman–Crippen LogP) is 3.02. The average molecular weight is 389 g/mol. The van der Waals surface area contributed by atoms with Crippen molar-refractivity contribution in [1.29, 1.82) is 0 Å². The van der Waals surface area contributed by atoms with Gasteiger partial charge in [0.15, 0.2) is 11.5 Å². The molecule has 0 aliphatic carbocycles. The number of amides is 3. The van der Waals surface area contributed by atoms with Gasteiger partial charge in [-0.25, -0.2) is 4.79 Å². The molecule has 146 valence electrons. The number of nitrogens with zero attached hydrogens (tertiary/aromatic N) is 2. The number of rotatable bonds is 4. The first-order valence-corrected chi connectivity index (χ1v) is 9.39. The summed E-state index contributed by atoms with van der Waals surface area (Å²) in [6.45, 7) is 2.12. The molecular formula is C22H19N3O4. The molecule has 1 fully saturated rings. The lowest BCUT2D eigenvalue weighted by atomic mass is 9.92. The van der Waals surface area contributed by atoms with Crippen molar-refractivity contribution in [2.24, 2.45) is 0 Å². The van der Waals surface area contributed by atoms with Crippen LogP contribution in [-0.4, -0.2) is 34.2 Å². The first kappa shape index (κ1) is 17.5. The third-order valence-electron chi connectivity index (χ3n) is 5.38. The van der Waals surface area contributed by atoms with E-state index in [0.29, 0.717) is 17.9 Å². The minimum atomic E-state index is -1.03. The second-order valence-electron chi connectivity index (χ2n) is 7.51. The standard InChI is InChI=1S/C22H19N3O4/c1-22(11-14-7-8-17-18(10-14)29-13-28-17)20(26)25(21(27)24-22)12-16-5-2-4-15-6-3-9-23-19(15)16/h2-10H,11-13H2,1H3,(H,24,27). The molecule has 1 N–H and O–H groups in total. The van der Waals surface area contributed by atoms with Crippen LogP contribution in [0.25, 0.3) is 10.9 Å². The van der Waals surface area contributed by atoms with E-state index < -0.39 is 11.6 Å². The molecule has 7 heteroatoms. The highest BCUT2D eigenvalue weighted by Crippen LogP contribution is 2.34. The molecule has 3 amide bonds. The Morgan fingerprint density at radius 1 is 1.10 bits per heavy atom. The number of urea groups is 1. The van der Waals surface area contributed by atoms with E-state index in [-0.39, 0.29) is 19.2 Å². The van der Waals surface area contributed by atoms with Crippen LogP contribution in [0.5, 0.6) is 11.5 Å². The zero-order valence-corrected chi connectivity index (χ0v) is 15.8. The maximum Gasteiger partial charge on any atom is 0.325 e. The predicted molar refractivity (Wildman–Crippen MR) is 105 cm³/mol. The molecule has 2 aliphatic rings. The lowest BCUT2D eigenvalue weighted by molar-refractivity contribution is -0.131. The van der Waals surface area contributed by atoms with Crippen LogP contribution in [0.2, 0.25) is 0 Å². The molecule has 7 nitrogen and oxygen atoms in total. The molecule has 29 heavy (non-hydrogen) atoms. The molecule has 2 aliphatic heterocycles. The van der Waals surface area contributed by atoms with Crippen molar-refractivity contribution < 1.29 is 19.1 Å². The van der Waals surface area contributed by atoms with Crippen LogP contribution in [0.3, 0.4) is 0 Å². The number of imide groups is 1. The fourth-order valence-corrected chi connectivity index (χ4v) is 3.93. The second kappa shape index (κ2) is 6.48. The number of nitrogens with one attached hydrogen (secondary N) is 1. The van der Waals surface area contributed by atoms with Gasteiger partial charge in [0.25, 0.3) is 5.91 Å². The Morgan fingerprint density at radius 2 is 1.93 bits per heavy atom. The topological polar surface area (TPSA) is 80.8 Å². The van der Waals surface area contributed by atoms with Crippen molar-refractivity contribution in [3.05, 3.63) is 65.9 Å². The van der Waals surface area contributed by atoms with Crippen molar-refractivity contribution in [3.63, 3.8) is 0 Å². The highest BCUT2D eigenvalue weighted by molar-refractivity contribution is 6.07. The number of carbonyl (C=O) groups excluding carboxylic acids is 2. The molecule has 5 rings (SSSR count). The van der Waals surface area contributed by atoms with Gasteiger partial charge in [-0.15, -0.1) is 0 Å². The zero-order chi connectivity index (χ0) is 20.0. The van der Waals surface area contributed by atoms with Gasteiger partial charge >= 0.3 is 6.03 Å². The van der Waals surface area contributed by atoms with Gasteiger partial charge in [-0.05, 0) is 36.2 Å². The van der Waals surface area contributed by atoms with Gasteiger partial charge in [0.1, 0.15) is 5.54 Å². The summed E-state index contributed by atoms with van der Waals surface area (Å²) < 4.78 is 10.7. The van der Waals surface area contributed by atoms with Crippen molar-refractivity contribution in [2.45, 2.75) is 25.4 Å². The second-order valence-corrected chi connectivity index (χ2v) is 7.51. The number of hydrogen-bond donors (Lipinski definition) is 1. The minimum absolute atomic E-state index is 0.176. The first-order chi connectivity index (χ1) is 14.0. The van der Waals surface area contributed by atoms with Crippen LogP contribution >= 0.6 is 0 Å². The summed E-state index contributed by atoms with van der Waals surface area (Å²) in [5.74, 6) is 1.08. The Morgan fingerprint density at radius 3 is 2.83 bits per heavy atom. The van der Waals surface area contributed by atoms with E-state index in [0.717, 1.165) is 22.0 Å². The van der Waals surface area contributed by atoms with Crippen molar-refractivity contribution in [2.75, 3.05) is 6.79 Å². The molecule has 0 bridgehead atoms. The number of pyridine rings is 1. The van der Waals surface area contributed by atoms with Gasteiger partial charge < -0.3 is 14.8 Å². The molecule has 1 atom stereocenters. The van der Waals surface area contributed by atoms with E-state index in [1.807, 2.05) is 48.5 Å². The molecule has 1 aromatic heterocycles. The fourth-order valence-electron chi connectivity index (χ4n) is 3.93. The molecule has 1 unspecified atom stereocenters. The quantitative estimate of drug-likeness (QED) is 0.694. The highest BCUT2D eigenvalue weighted by atomic mass is 16.7. The molecule has 3 heterocycles. The molecule has 0 spiro atoms. The van der Waals surface area contributed by atoms with Crippen molar-refractivity contribution in [3.8, 4) is 11.5 Å². The Bertz CT molecular complexity index is 1140. The van der Waals surface area contributed by atoms with E-state index in [1.165, 1.54) is 4.90 Å². The normalized spacial score (nSPS) is 20.4. The van der Waals surface area contributed by atoms with Gasteiger partial charge in [0, 0.05) is 18.0 Å². The molecule has 1 saturated heterocycles. The third kappa shape index (κ3) is 2.95. The molecule has 0 saturated carbocycles. The van der Waals surface area contributed by atoms with Gasteiger partial charge in [0.2, 0.25) is 6.79 Å². The summed E-state index contributed by atoms with van der Waals surface area (Å²) in [5, 5.41) is 3.83. The largest absolute Gasteiger partial charge is 0.454 e. The van der Waals surface area contributed by atoms with Crippen LogP contribution in [0, 0.1) is 0 Å². The number of ether oxygens (including phenoxy) is 2. The molecule has 2 aromatic carbocycles. The van der Waals surface area contributed by atoms with E-state index in [2.05, 4.69) is 10.3 Å². The maximum atomic E-state index is 13.2. The van der Waals surface area contributed by atoms with E-state index >= 15 is 0 Å². The minimum Gasteiger partial charge on any atom is -0.454 e. The smallest absolute Gasteiger partial charge is 0.325 e. The number of aromatic nitrogens is 1. The summed E-state index contributed by atoms with van der Waals surface area (Å²) >= 11 is 0. The van der Waals surface area contributed by atoms with E-state index in [9.17, 15) is 9.59 Å². The van der Waals surface area contributed by atoms with E-state index in [1.54, 1.807) is 13.1 Å². The third-order valence-corrected chi connectivity index (χ3v) is 5.38. The Kier molecular flexibility index (Phi) is 3.91. The molecule has 3 aromatic rings. The molecule has 0 radical (unpaired) electrons. The van der Waals surface area contributed by atoms with Gasteiger partial charge in [0.05, 0.1) is 12.1 Å². The number of para-hydroxylation sites is 1. The van der Waals surface area contributed by atoms with Crippen LogP contribution < -0.4 is 14.8 Å². The maximum absolute atomic E-state index is 13.2. The summed E-state index contributed by atoms with van der Waals surface area (Å²) in [7, 11) is 0. The number of hydrogen-bond acceptors (Lipinski definition) is 5.